The van der Waals surface area contributed by atoms with E-state index in [0.29, 0.717) is 11.4 Å². The van der Waals surface area contributed by atoms with Crippen LogP contribution in [0, 0.1) is 0 Å². The maximum atomic E-state index is 8.95. The lowest BCUT2D eigenvalue weighted by molar-refractivity contribution is 0.668. The number of hydrogen-bond acceptors (Lipinski definition) is 3. The monoisotopic (exact) mass is 632 g/mol. The van der Waals surface area contributed by atoms with Crippen molar-refractivity contribution in [3.05, 3.63) is 176 Å². The molecule has 230 valence electrons. The molecule has 0 saturated carbocycles. The molecule has 0 unspecified atom stereocenters. The van der Waals surface area contributed by atoms with Gasteiger partial charge < -0.3 is 13.7 Å². The van der Waals surface area contributed by atoms with Gasteiger partial charge >= 0.3 is 0 Å². The Morgan fingerprint density at radius 1 is 0.429 bits per heavy atom. The van der Waals surface area contributed by atoms with Crippen molar-refractivity contribution in [3.63, 3.8) is 0 Å². The number of rotatable bonds is 5. The van der Waals surface area contributed by atoms with Gasteiger partial charge in [-0.1, -0.05) is 109 Å². The van der Waals surface area contributed by atoms with Crippen LogP contribution in [-0.4, -0.2) is 0 Å². The molecular formula is C46H29NO2. The lowest BCUT2D eigenvalue weighted by Gasteiger charge is -2.27. The molecule has 0 bridgehead atoms. The van der Waals surface area contributed by atoms with E-state index in [0.717, 1.165) is 76.9 Å². The summed E-state index contributed by atoms with van der Waals surface area (Å²) in [4.78, 5) is 1.77. The van der Waals surface area contributed by atoms with E-state index in [1.54, 1.807) is 4.90 Å². The fraction of sp³-hybridized carbons (Fsp3) is 0. The van der Waals surface area contributed by atoms with Crippen LogP contribution < -0.4 is 4.90 Å². The number of benzene rings is 8. The second kappa shape index (κ2) is 11.0. The van der Waals surface area contributed by atoms with E-state index in [4.69, 9.17) is 15.7 Å². The van der Waals surface area contributed by atoms with Gasteiger partial charge in [0.1, 0.15) is 22.3 Å². The van der Waals surface area contributed by atoms with E-state index in [1.807, 2.05) is 103 Å². The Bertz CT molecular complexity index is 3090. The molecule has 0 amide bonds. The van der Waals surface area contributed by atoms with E-state index >= 15 is 0 Å². The molecule has 0 aliphatic heterocycles. The van der Waals surface area contributed by atoms with Gasteiger partial charge in [-0.15, -0.1) is 0 Å². The summed E-state index contributed by atoms with van der Waals surface area (Å²) in [6.45, 7) is 0. The number of nitrogens with zero attached hydrogens (tertiary/aromatic N) is 1. The first kappa shape index (κ1) is 22.9. The minimum absolute atomic E-state index is 0.0799. The van der Waals surface area contributed by atoms with Gasteiger partial charge in [0.05, 0.1) is 12.5 Å². The van der Waals surface area contributed by atoms with E-state index in [2.05, 4.69) is 42.5 Å². The molecule has 0 aliphatic carbocycles. The quantitative estimate of drug-likeness (QED) is 0.189. The van der Waals surface area contributed by atoms with Gasteiger partial charge in [0, 0.05) is 38.3 Å². The molecular weight excluding hydrogens is 599 g/mol. The van der Waals surface area contributed by atoms with E-state index in [1.165, 1.54) is 0 Å². The van der Waals surface area contributed by atoms with Crippen LogP contribution in [0.3, 0.4) is 0 Å². The molecule has 0 aliphatic rings. The Labute approximate surface area is 289 Å². The van der Waals surface area contributed by atoms with Crippen molar-refractivity contribution in [2.45, 2.75) is 0 Å². The molecule has 0 radical (unpaired) electrons. The molecule has 49 heavy (non-hydrogen) atoms. The maximum Gasteiger partial charge on any atom is 0.136 e. The van der Waals surface area contributed by atoms with Crippen molar-refractivity contribution < 1.29 is 15.7 Å². The Morgan fingerprint density at radius 2 is 1.06 bits per heavy atom. The van der Waals surface area contributed by atoms with Crippen LogP contribution in [0.4, 0.5) is 17.1 Å². The van der Waals surface area contributed by atoms with E-state index < -0.39 is 6.04 Å². The Kier molecular flexibility index (Phi) is 5.13. The van der Waals surface area contributed by atoms with Crippen molar-refractivity contribution in [1.29, 1.82) is 0 Å². The zero-order valence-electron chi connectivity index (χ0n) is 31.1. The highest BCUT2D eigenvalue weighted by Gasteiger charge is 2.18. The number of anilines is 3. The maximum absolute atomic E-state index is 8.95. The first-order chi connectivity index (χ1) is 26.4. The van der Waals surface area contributed by atoms with Crippen molar-refractivity contribution in [2.75, 3.05) is 4.90 Å². The Morgan fingerprint density at radius 3 is 1.90 bits per heavy atom. The average Bonchev–Trinajstić information content (AvgIpc) is 3.78. The lowest BCUT2D eigenvalue weighted by Crippen LogP contribution is -2.10. The summed E-state index contributed by atoms with van der Waals surface area (Å²) >= 11 is 0. The average molecular weight is 633 g/mol. The third-order valence-corrected chi connectivity index (χ3v) is 9.35. The summed E-state index contributed by atoms with van der Waals surface area (Å²) in [5.74, 6) is 0. The first-order valence-corrected chi connectivity index (χ1v) is 16.2. The first-order valence-electron chi connectivity index (χ1n) is 18.7. The number of fused-ring (bicyclic) bond motifs is 7. The predicted molar refractivity (Wildman–Crippen MR) is 204 cm³/mol. The third kappa shape index (κ3) is 4.51. The fourth-order valence-electron chi connectivity index (χ4n) is 7.09. The van der Waals surface area contributed by atoms with Crippen LogP contribution in [0.15, 0.2) is 185 Å². The normalized spacial score (nSPS) is 13.1. The van der Waals surface area contributed by atoms with Gasteiger partial charge in [-0.2, -0.15) is 0 Å². The fourth-order valence-corrected chi connectivity index (χ4v) is 7.09. The van der Waals surface area contributed by atoms with Gasteiger partial charge in [0.15, 0.2) is 0 Å². The van der Waals surface area contributed by atoms with Gasteiger partial charge in [0.25, 0.3) is 0 Å². The second-order valence-electron chi connectivity index (χ2n) is 12.2. The molecule has 3 nitrogen and oxygen atoms in total. The third-order valence-electron chi connectivity index (χ3n) is 9.35. The molecule has 0 fully saturated rings. The highest BCUT2D eigenvalue weighted by atomic mass is 16.3. The molecule has 0 N–H and O–H groups in total. The molecule has 2 aromatic heterocycles. The summed E-state index contributed by atoms with van der Waals surface area (Å²) in [7, 11) is 0. The highest BCUT2D eigenvalue weighted by Crippen LogP contribution is 2.43. The SMILES string of the molecule is [2H]c1c([2H])c([2H])c(N(c2ccc(-c3cc(-c4ccc5c(c4)oc4ccccc45)cc4oc5ccccc5c34)cc2)c2cccc3ccccc23)c([2H])c1[2H]. The highest BCUT2D eigenvalue weighted by molar-refractivity contribution is 6.14. The van der Waals surface area contributed by atoms with Crippen LogP contribution in [-0.2, 0) is 0 Å². The van der Waals surface area contributed by atoms with Crippen molar-refractivity contribution >= 4 is 71.7 Å². The molecule has 0 saturated heterocycles. The summed E-state index contributed by atoms with van der Waals surface area (Å²) in [6.07, 6.45) is 0. The Balaban J connectivity index is 1.17. The smallest absolute Gasteiger partial charge is 0.136 e. The minimum atomic E-state index is -0.433. The van der Waals surface area contributed by atoms with Gasteiger partial charge in [-0.3, -0.25) is 0 Å². The zero-order valence-corrected chi connectivity index (χ0v) is 26.1. The molecule has 2 heterocycles. The molecule has 10 aromatic rings. The number of furan rings is 2. The van der Waals surface area contributed by atoms with Crippen molar-refractivity contribution in [1.82, 2.24) is 0 Å². The summed E-state index contributed by atoms with van der Waals surface area (Å²) in [6, 6.07) is 46.5. The van der Waals surface area contributed by atoms with Gasteiger partial charge in [0.2, 0.25) is 0 Å². The topological polar surface area (TPSA) is 29.5 Å². The molecule has 0 atom stereocenters. The minimum Gasteiger partial charge on any atom is -0.456 e. The van der Waals surface area contributed by atoms with E-state index in [9.17, 15) is 0 Å². The molecule has 10 rings (SSSR count). The lowest BCUT2D eigenvalue weighted by atomic mass is 9.94. The van der Waals surface area contributed by atoms with Gasteiger partial charge in [-0.05, 0) is 94.3 Å². The largest absolute Gasteiger partial charge is 0.456 e. The molecule has 3 heteroatoms. The van der Waals surface area contributed by atoms with Crippen molar-refractivity contribution in [2.24, 2.45) is 0 Å². The predicted octanol–water partition coefficient (Wildman–Crippen LogP) is 13.4. The van der Waals surface area contributed by atoms with Crippen LogP contribution >= 0.6 is 0 Å². The molecule has 8 aromatic carbocycles. The second-order valence-corrected chi connectivity index (χ2v) is 12.2. The zero-order chi connectivity index (χ0) is 36.7. The number of hydrogen-bond donors (Lipinski definition) is 0. The summed E-state index contributed by atoms with van der Waals surface area (Å²) < 4.78 is 55.9. The summed E-state index contributed by atoms with van der Waals surface area (Å²) in [5.41, 5.74) is 8.50. The van der Waals surface area contributed by atoms with Gasteiger partial charge in [-0.25, -0.2) is 0 Å². The van der Waals surface area contributed by atoms with Crippen molar-refractivity contribution in [3.8, 4) is 22.3 Å². The number of para-hydroxylation sites is 3. The standard InChI is InChI=1S/C46H29NO2/c1-2-13-34(14-3-1)47(41-18-10-12-30-11-4-5-15-36(30)41)35-24-21-31(22-25-35)40-27-33(29-45-46(40)39-17-7-9-20-43(39)49-45)32-23-26-38-37-16-6-8-19-42(37)48-44(38)28-32/h1-29H/i1D,2D,3D,13D,14D. The van der Waals surface area contributed by atoms with Crippen LogP contribution in [0.25, 0.3) is 76.9 Å². The van der Waals surface area contributed by atoms with E-state index in [-0.39, 0.29) is 29.9 Å². The summed E-state index contributed by atoms with van der Waals surface area (Å²) in [5, 5.41) is 5.98. The van der Waals surface area contributed by atoms with Crippen LogP contribution in [0.5, 0.6) is 0 Å². The van der Waals surface area contributed by atoms with Crippen LogP contribution in [0.1, 0.15) is 6.85 Å². The molecule has 0 spiro atoms. The van der Waals surface area contributed by atoms with Crippen LogP contribution in [0.2, 0.25) is 0 Å². The Hall–Kier alpha value is -6.58.